The number of rotatable bonds is 2. The Morgan fingerprint density at radius 3 is 2.85 bits per heavy atom. The van der Waals surface area contributed by atoms with E-state index in [9.17, 15) is 4.39 Å². The molecule has 0 aromatic heterocycles. The summed E-state index contributed by atoms with van der Waals surface area (Å²) in [6, 6.07) is 4.89. The van der Waals surface area contributed by atoms with Gasteiger partial charge in [0, 0.05) is 6.61 Å². The van der Waals surface area contributed by atoms with E-state index in [-0.39, 0.29) is 12.4 Å². The Morgan fingerprint density at radius 1 is 1.54 bits per heavy atom. The number of hydrogen-bond acceptors (Lipinski definition) is 1. The molecule has 0 amide bonds. The Kier molecular flexibility index (Phi) is 2.08. The quantitative estimate of drug-likeness (QED) is 0.740. The van der Waals surface area contributed by atoms with Gasteiger partial charge in [-0.2, -0.15) is 0 Å². The van der Waals surface area contributed by atoms with E-state index in [2.05, 4.69) is 0 Å². The van der Waals surface area contributed by atoms with Crippen LogP contribution in [0.25, 0.3) is 0 Å². The number of aliphatic hydroxyl groups is 1. The van der Waals surface area contributed by atoms with Crippen LogP contribution in [-0.2, 0) is 0 Å². The van der Waals surface area contributed by atoms with Crippen LogP contribution < -0.4 is 0 Å². The molecule has 70 valence electrons. The second kappa shape index (κ2) is 3.11. The summed E-state index contributed by atoms with van der Waals surface area (Å²) in [6.45, 7) is 2.17. The van der Waals surface area contributed by atoms with Crippen molar-refractivity contribution in [3.63, 3.8) is 0 Å². The summed E-state index contributed by atoms with van der Waals surface area (Å²) in [4.78, 5) is 0. The lowest BCUT2D eigenvalue weighted by atomic mass is 10.0. The van der Waals surface area contributed by atoms with E-state index in [4.69, 9.17) is 5.11 Å². The topological polar surface area (TPSA) is 20.2 Å². The van der Waals surface area contributed by atoms with Crippen molar-refractivity contribution >= 4 is 0 Å². The second-order valence-corrected chi connectivity index (χ2v) is 3.79. The van der Waals surface area contributed by atoms with E-state index in [1.54, 1.807) is 6.07 Å². The summed E-state index contributed by atoms with van der Waals surface area (Å²) < 4.78 is 12.8. The van der Waals surface area contributed by atoms with Crippen molar-refractivity contribution in [2.45, 2.75) is 19.3 Å². The van der Waals surface area contributed by atoms with Gasteiger partial charge in [0.05, 0.1) is 0 Å². The third-order valence-corrected chi connectivity index (χ3v) is 2.79. The highest BCUT2D eigenvalue weighted by molar-refractivity contribution is 5.33. The summed E-state index contributed by atoms with van der Waals surface area (Å²) in [5.74, 6) is 0.692. The molecule has 1 N–H and O–H groups in total. The van der Waals surface area contributed by atoms with Gasteiger partial charge >= 0.3 is 0 Å². The zero-order chi connectivity index (χ0) is 9.42. The van der Waals surface area contributed by atoms with E-state index in [0.29, 0.717) is 11.8 Å². The first kappa shape index (κ1) is 8.70. The van der Waals surface area contributed by atoms with E-state index < -0.39 is 0 Å². The Bertz CT molecular complexity index is 322. The molecule has 0 radical (unpaired) electrons. The average molecular weight is 180 g/mol. The maximum atomic E-state index is 12.8. The number of aryl methyl sites for hydroxylation is 1. The van der Waals surface area contributed by atoms with Crippen LogP contribution in [0.1, 0.15) is 23.5 Å². The molecular weight excluding hydrogens is 167 g/mol. The molecule has 1 aliphatic carbocycles. The molecule has 1 nitrogen and oxygen atoms in total. The minimum Gasteiger partial charge on any atom is -0.396 e. The smallest absolute Gasteiger partial charge is 0.123 e. The van der Waals surface area contributed by atoms with Crippen molar-refractivity contribution in [1.29, 1.82) is 0 Å². The molecule has 0 saturated heterocycles. The fourth-order valence-corrected chi connectivity index (χ4v) is 1.89. The van der Waals surface area contributed by atoms with Crippen LogP contribution in [0.3, 0.4) is 0 Å². The van der Waals surface area contributed by atoms with Gasteiger partial charge in [-0.3, -0.25) is 0 Å². The van der Waals surface area contributed by atoms with Crippen LogP contribution in [0.2, 0.25) is 0 Å². The number of hydrogen-bond donors (Lipinski definition) is 1. The van der Waals surface area contributed by atoms with Gasteiger partial charge in [-0.05, 0) is 48.4 Å². The molecule has 1 aromatic carbocycles. The average Bonchev–Trinajstić information content (AvgIpc) is 2.83. The third kappa shape index (κ3) is 1.59. The number of benzene rings is 1. The molecule has 2 rings (SSSR count). The van der Waals surface area contributed by atoms with E-state index in [1.807, 2.05) is 13.0 Å². The number of aliphatic hydroxyl groups excluding tert-OH is 1. The molecule has 0 spiro atoms. The highest BCUT2D eigenvalue weighted by Gasteiger charge is 2.38. The lowest BCUT2D eigenvalue weighted by Crippen LogP contribution is -1.92. The zero-order valence-electron chi connectivity index (χ0n) is 7.63. The third-order valence-electron chi connectivity index (χ3n) is 2.79. The van der Waals surface area contributed by atoms with Crippen molar-refractivity contribution in [3.05, 3.63) is 35.1 Å². The Labute approximate surface area is 77.2 Å². The first-order valence-corrected chi connectivity index (χ1v) is 4.59. The molecule has 0 aliphatic heterocycles. The van der Waals surface area contributed by atoms with E-state index in [0.717, 1.165) is 12.0 Å². The molecule has 1 fully saturated rings. The maximum absolute atomic E-state index is 12.8. The Hall–Kier alpha value is -0.890. The van der Waals surface area contributed by atoms with Crippen LogP contribution in [-0.4, -0.2) is 11.7 Å². The summed E-state index contributed by atoms with van der Waals surface area (Å²) in [6.07, 6.45) is 1.04. The zero-order valence-corrected chi connectivity index (χ0v) is 7.63. The van der Waals surface area contributed by atoms with Gasteiger partial charge in [0.1, 0.15) is 5.82 Å². The van der Waals surface area contributed by atoms with Gasteiger partial charge in [-0.15, -0.1) is 0 Å². The van der Waals surface area contributed by atoms with Gasteiger partial charge in [0.25, 0.3) is 0 Å². The summed E-state index contributed by atoms with van der Waals surface area (Å²) >= 11 is 0. The van der Waals surface area contributed by atoms with Gasteiger partial charge in [-0.25, -0.2) is 4.39 Å². The highest BCUT2D eigenvalue weighted by Crippen LogP contribution is 2.47. The standard InChI is InChI=1S/C11H13FO/c1-7-4-9(12)2-3-10(7)11-5-8(11)6-13/h2-4,8,11,13H,5-6H2,1H3/t8-,11-/m1/s1. The predicted molar refractivity (Wildman–Crippen MR) is 49.1 cm³/mol. The van der Waals surface area contributed by atoms with Crippen molar-refractivity contribution in [2.24, 2.45) is 5.92 Å². The van der Waals surface area contributed by atoms with Crippen LogP contribution in [0.5, 0.6) is 0 Å². The van der Waals surface area contributed by atoms with Crippen molar-refractivity contribution in [2.75, 3.05) is 6.61 Å². The lowest BCUT2D eigenvalue weighted by molar-refractivity contribution is 0.274. The normalized spacial score (nSPS) is 26.1. The molecule has 1 aromatic rings. The first-order chi connectivity index (χ1) is 6.22. The molecule has 1 saturated carbocycles. The highest BCUT2D eigenvalue weighted by atomic mass is 19.1. The SMILES string of the molecule is Cc1cc(F)ccc1[C@@H]1C[C@@H]1CO. The number of halogens is 1. The molecule has 0 bridgehead atoms. The Balaban J connectivity index is 2.22. The molecule has 13 heavy (non-hydrogen) atoms. The van der Waals surface area contributed by atoms with Crippen molar-refractivity contribution < 1.29 is 9.50 Å². The molecule has 2 heteroatoms. The lowest BCUT2D eigenvalue weighted by Gasteiger charge is -2.03. The minimum absolute atomic E-state index is 0.178. The van der Waals surface area contributed by atoms with Crippen molar-refractivity contribution in [1.82, 2.24) is 0 Å². The fourth-order valence-electron chi connectivity index (χ4n) is 1.89. The summed E-state index contributed by atoms with van der Waals surface area (Å²) in [5.41, 5.74) is 2.20. The van der Waals surface area contributed by atoms with Crippen molar-refractivity contribution in [3.8, 4) is 0 Å². The second-order valence-electron chi connectivity index (χ2n) is 3.79. The minimum atomic E-state index is -0.178. The van der Waals surface area contributed by atoms with Gasteiger partial charge < -0.3 is 5.11 Å². The first-order valence-electron chi connectivity index (χ1n) is 4.59. The predicted octanol–water partition coefficient (Wildman–Crippen LogP) is 2.23. The van der Waals surface area contributed by atoms with Gasteiger partial charge in [0.15, 0.2) is 0 Å². The largest absolute Gasteiger partial charge is 0.396 e. The summed E-state index contributed by atoms with van der Waals surface area (Å²) in [5, 5.41) is 8.91. The Morgan fingerprint density at radius 2 is 2.31 bits per heavy atom. The molecule has 0 unspecified atom stereocenters. The van der Waals surface area contributed by atoms with Crippen LogP contribution in [0, 0.1) is 18.7 Å². The molecule has 2 atom stereocenters. The van der Waals surface area contributed by atoms with Crippen LogP contribution >= 0.6 is 0 Å². The van der Waals surface area contributed by atoms with E-state index in [1.165, 1.54) is 11.6 Å². The van der Waals surface area contributed by atoms with Crippen LogP contribution in [0.4, 0.5) is 4.39 Å². The molecule has 0 heterocycles. The van der Waals surface area contributed by atoms with E-state index >= 15 is 0 Å². The monoisotopic (exact) mass is 180 g/mol. The molecule has 1 aliphatic rings. The maximum Gasteiger partial charge on any atom is 0.123 e. The van der Waals surface area contributed by atoms with Gasteiger partial charge in [-0.1, -0.05) is 6.07 Å². The summed E-state index contributed by atoms with van der Waals surface area (Å²) in [7, 11) is 0. The van der Waals surface area contributed by atoms with Gasteiger partial charge in [0.2, 0.25) is 0 Å². The van der Waals surface area contributed by atoms with Crippen LogP contribution in [0.15, 0.2) is 18.2 Å². The molecular formula is C11H13FO. The fraction of sp³-hybridized carbons (Fsp3) is 0.455.